The molecule has 2 heterocycles. The van der Waals surface area contributed by atoms with Crippen LogP contribution in [0.3, 0.4) is 0 Å². The minimum Gasteiger partial charge on any atom is -0.318 e. The normalized spacial score (nSPS) is 14.2. The zero-order valence-corrected chi connectivity index (χ0v) is 9.88. The second kappa shape index (κ2) is 4.17. The summed E-state index contributed by atoms with van der Waals surface area (Å²) in [7, 11) is 1.73. The second-order valence-corrected chi connectivity index (χ2v) is 4.90. The summed E-state index contributed by atoms with van der Waals surface area (Å²) in [6, 6.07) is 0. The lowest BCUT2D eigenvalue weighted by Crippen LogP contribution is -2.06. The lowest BCUT2D eigenvalue weighted by molar-refractivity contribution is -0.0333. The molecule has 1 unspecified atom stereocenters. The quantitative estimate of drug-likeness (QED) is 0.834. The summed E-state index contributed by atoms with van der Waals surface area (Å²) < 4.78 is 38.5. The van der Waals surface area contributed by atoms with Crippen LogP contribution >= 0.6 is 11.8 Å². The van der Waals surface area contributed by atoms with Crippen molar-refractivity contribution < 1.29 is 13.2 Å². The first-order chi connectivity index (χ1) is 7.88. The number of aryl methyl sites for hydroxylation is 1. The molecule has 2 aromatic heterocycles. The maximum Gasteiger partial charge on any atom is 0.442 e. The van der Waals surface area contributed by atoms with E-state index in [1.165, 1.54) is 19.6 Å². The van der Waals surface area contributed by atoms with Crippen LogP contribution in [0.15, 0.2) is 12.7 Å². The molecule has 0 spiro atoms. The molecule has 0 bridgehead atoms. The molecule has 4 nitrogen and oxygen atoms in total. The summed E-state index contributed by atoms with van der Waals surface area (Å²) >= 11 is -0.106. The third-order valence-corrected chi connectivity index (χ3v) is 3.06. The van der Waals surface area contributed by atoms with Gasteiger partial charge in [0.2, 0.25) is 0 Å². The van der Waals surface area contributed by atoms with E-state index in [2.05, 4.69) is 15.0 Å². The van der Waals surface area contributed by atoms with Crippen LogP contribution in [0.4, 0.5) is 13.2 Å². The fourth-order valence-corrected chi connectivity index (χ4v) is 2.20. The Hall–Kier alpha value is -1.31. The summed E-state index contributed by atoms with van der Waals surface area (Å²) in [5.74, 6) is 0. The molecule has 8 heteroatoms. The monoisotopic (exact) mass is 262 g/mol. The van der Waals surface area contributed by atoms with Gasteiger partial charge in [0.05, 0.1) is 17.3 Å². The highest BCUT2D eigenvalue weighted by Gasteiger charge is 2.33. The number of rotatable bonds is 2. The van der Waals surface area contributed by atoms with E-state index in [0.29, 0.717) is 16.9 Å². The first-order valence-corrected chi connectivity index (χ1v) is 5.63. The molecule has 0 amide bonds. The van der Waals surface area contributed by atoms with E-state index < -0.39 is 10.8 Å². The van der Waals surface area contributed by atoms with Gasteiger partial charge in [-0.2, -0.15) is 13.2 Å². The summed E-state index contributed by atoms with van der Waals surface area (Å²) in [6.07, 6.45) is 2.76. The van der Waals surface area contributed by atoms with Crippen molar-refractivity contribution in [1.29, 1.82) is 0 Å². The first-order valence-electron chi connectivity index (χ1n) is 4.75. The summed E-state index contributed by atoms with van der Waals surface area (Å²) in [6.45, 7) is 1.45. The topological polar surface area (TPSA) is 43.6 Å². The first kappa shape index (κ1) is 12.2. The van der Waals surface area contributed by atoms with Crippen molar-refractivity contribution in [2.45, 2.75) is 17.7 Å². The number of imidazole rings is 1. The van der Waals surface area contributed by atoms with Gasteiger partial charge in [-0.3, -0.25) is 0 Å². The lowest BCUT2D eigenvalue weighted by atomic mass is 10.3. The van der Waals surface area contributed by atoms with E-state index in [1.807, 2.05) is 0 Å². The van der Waals surface area contributed by atoms with Gasteiger partial charge in [0.25, 0.3) is 0 Å². The molecule has 0 aliphatic carbocycles. The molecule has 0 aromatic carbocycles. The predicted octanol–water partition coefficient (Wildman–Crippen LogP) is 2.68. The van der Waals surface area contributed by atoms with Gasteiger partial charge in [0.1, 0.15) is 11.8 Å². The maximum absolute atomic E-state index is 12.3. The van der Waals surface area contributed by atoms with E-state index in [0.717, 1.165) is 0 Å². The van der Waals surface area contributed by atoms with Crippen LogP contribution < -0.4 is 0 Å². The Balaban J connectivity index is 2.41. The number of hydrogen-bond acceptors (Lipinski definition) is 4. The molecule has 0 fully saturated rings. The van der Waals surface area contributed by atoms with Crippen LogP contribution in [0, 0.1) is 0 Å². The van der Waals surface area contributed by atoms with Crippen LogP contribution in [0.2, 0.25) is 0 Å². The molecule has 0 radical (unpaired) electrons. The molecular formula is C9H9F3N4S. The lowest BCUT2D eigenvalue weighted by Gasteiger charge is -2.12. The third-order valence-electron chi connectivity index (χ3n) is 2.22. The van der Waals surface area contributed by atoms with Gasteiger partial charge in [0.15, 0.2) is 5.65 Å². The van der Waals surface area contributed by atoms with Crippen molar-refractivity contribution in [3.63, 3.8) is 0 Å². The SMILES string of the molecule is CC(SC(F)(F)F)c1ncnc2c1ncn2C. The summed E-state index contributed by atoms with van der Waals surface area (Å²) in [5, 5.41) is -0.810. The molecule has 92 valence electrons. The van der Waals surface area contributed by atoms with Gasteiger partial charge in [-0.1, -0.05) is 0 Å². The zero-order valence-electron chi connectivity index (χ0n) is 9.06. The average molecular weight is 262 g/mol. The van der Waals surface area contributed by atoms with Gasteiger partial charge in [-0.05, 0) is 18.7 Å². The number of nitrogens with zero attached hydrogens (tertiary/aromatic N) is 4. The zero-order chi connectivity index (χ0) is 12.6. The highest BCUT2D eigenvalue weighted by molar-refractivity contribution is 8.00. The Morgan fingerprint density at radius 3 is 2.65 bits per heavy atom. The van der Waals surface area contributed by atoms with Gasteiger partial charge >= 0.3 is 5.51 Å². The molecule has 2 aromatic rings. The number of thioether (sulfide) groups is 1. The van der Waals surface area contributed by atoms with Crippen molar-refractivity contribution in [2.24, 2.45) is 7.05 Å². The van der Waals surface area contributed by atoms with Crippen LogP contribution in [0.25, 0.3) is 11.2 Å². The maximum atomic E-state index is 12.3. The second-order valence-electron chi connectivity index (χ2n) is 3.49. The molecule has 0 saturated carbocycles. The average Bonchev–Trinajstić information content (AvgIpc) is 2.58. The Kier molecular flexibility index (Phi) is 2.98. The van der Waals surface area contributed by atoms with Crippen molar-refractivity contribution in [3.8, 4) is 0 Å². The van der Waals surface area contributed by atoms with Crippen LogP contribution in [0.5, 0.6) is 0 Å². The van der Waals surface area contributed by atoms with Gasteiger partial charge < -0.3 is 4.57 Å². The van der Waals surface area contributed by atoms with E-state index in [1.54, 1.807) is 11.6 Å². The van der Waals surface area contributed by atoms with E-state index in [9.17, 15) is 13.2 Å². The van der Waals surface area contributed by atoms with Crippen molar-refractivity contribution in [1.82, 2.24) is 19.5 Å². The summed E-state index contributed by atoms with van der Waals surface area (Å²) in [4.78, 5) is 11.9. The highest BCUT2D eigenvalue weighted by atomic mass is 32.2. The molecular weight excluding hydrogens is 253 g/mol. The molecule has 1 atom stereocenters. The van der Waals surface area contributed by atoms with Crippen LogP contribution in [-0.2, 0) is 7.05 Å². The van der Waals surface area contributed by atoms with E-state index in [-0.39, 0.29) is 11.8 Å². The molecule has 0 aliphatic heterocycles. The van der Waals surface area contributed by atoms with Crippen LogP contribution in [0.1, 0.15) is 17.9 Å². The molecule has 2 rings (SSSR count). The van der Waals surface area contributed by atoms with Gasteiger partial charge in [-0.25, -0.2) is 15.0 Å². The Morgan fingerprint density at radius 2 is 2.00 bits per heavy atom. The van der Waals surface area contributed by atoms with E-state index in [4.69, 9.17) is 0 Å². The third kappa shape index (κ3) is 2.51. The molecule has 0 aliphatic rings. The Morgan fingerprint density at radius 1 is 1.29 bits per heavy atom. The number of fused-ring (bicyclic) bond motifs is 1. The van der Waals surface area contributed by atoms with Crippen molar-refractivity contribution in [2.75, 3.05) is 0 Å². The standard InChI is InChI=1S/C9H9F3N4S/c1-5(17-9(10,11)12)6-7-8(14-3-13-6)16(2)4-15-7/h3-5H,1-2H3. The number of alkyl halides is 3. The number of halogens is 3. The number of hydrogen-bond donors (Lipinski definition) is 0. The Labute approximate surface area is 99.3 Å². The fourth-order valence-electron chi connectivity index (χ4n) is 1.52. The highest BCUT2D eigenvalue weighted by Crippen LogP contribution is 2.42. The van der Waals surface area contributed by atoms with Crippen molar-refractivity contribution >= 4 is 22.9 Å². The summed E-state index contributed by atoms with van der Waals surface area (Å²) in [5.41, 5.74) is -3.03. The molecule has 0 saturated heterocycles. The fraction of sp³-hybridized carbons (Fsp3) is 0.444. The van der Waals surface area contributed by atoms with Gasteiger partial charge in [-0.15, -0.1) is 0 Å². The van der Waals surface area contributed by atoms with Crippen LogP contribution in [-0.4, -0.2) is 25.0 Å². The minimum atomic E-state index is -4.29. The molecule has 17 heavy (non-hydrogen) atoms. The van der Waals surface area contributed by atoms with E-state index >= 15 is 0 Å². The minimum absolute atomic E-state index is 0.106. The number of aromatic nitrogens is 4. The smallest absolute Gasteiger partial charge is 0.318 e. The largest absolute Gasteiger partial charge is 0.442 e. The molecule has 0 N–H and O–H groups in total. The van der Waals surface area contributed by atoms with Crippen molar-refractivity contribution in [3.05, 3.63) is 18.3 Å². The predicted molar refractivity (Wildman–Crippen MR) is 58.4 cm³/mol. The Bertz CT molecular complexity index is 537. The van der Waals surface area contributed by atoms with Gasteiger partial charge in [0, 0.05) is 7.05 Å².